The van der Waals surface area contributed by atoms with Crippen molar-refractivity contribution in [2.24, 2.45) is 4.99 Å². The highest BCUT2D eigenvalue weighted by Crippen LogP contribution is 2.27. The Bertz CT molecular complexity index is 1050. The van der Waals surface area contributed by atoms with E-state index >= 15 is 0 Å². The summed E-state index contributed by atoms with van der Waals surface area (Å²) in [6.45, 7) is 3.88. The fourth-order valence-electron chi connectivity index (χ4n) is 3.61. The highest BCUT2D eigenvalue weighted by Gasteiger charge is 2.21. The van der Waals surface area contributed by atoms with Gasteiger partial charge >= 0.3 is 0 Å². The molecule has 1 fully saturated rings. The van der Waals surface area contributed by atoms with Gasteiger partial charge in [-0.2, -0.15) is 4.98 Å². The van der Waals surface area contributed by atoms with Crippen LogP contribution in [0.5, 0.6) is 5.75 Å². The van der Waals surface area contributed by atoms with Gasteiger partial charge in [-0.25, -0.2) is 0 Å². The normalized spacial score (nSPS) is 14.7. The number of piperazine rings is 1. The molecule has 3 aromatic rings. The predicted octanol–water partition coefficient (Wildman–Crippen LogP) is 3.04. The first-order chi connectivity index (χ1) is 15.1. The van der Waals surface area contributed by atoms with Gasteiger partial charge in [0.2, 0.25) is 11.7 Å². The number of rotatable bonds is 5. The van der Waals surface area contributed by atoms with Crippen LogP contribution in [-0.4, -0.2) is 65.9 Å². The molecule has 0 saturated carbocycles. The molecule has 8 nitrogen and oxygen atoms in total. The van der Waals surface area contributed by atoms with Crippen LogP contribution in [0.1, 0.15) is 5.89 Å². The van der Waals surface area contributed by atoms with Gasteiger partial charge in [0.1, 0.15) is 5.75 Å². The summed E-state index contributed by atoms with van der Waals surface area (Å²) in [6, 6.07) is 14.8. The number of hydrogen-bond donors (Lipinski definition) is 2. The number of halogens is 1. The molecule has 1 saturated heterocycles. The highest BCUT2D eigenvalue weighted by atomic mass is 35.5. The average molecular weight is 441 g/mol. The van der Waals surface area contributed by atoms with Crippen LogP contribution in [0.25, 0.3) is 11.4 Å². The van der Waals surface area contributed by atoms with E-state index in [4.69, 9.17) is 16.1 Å². The van der Waals surface area contributed by atoms with Gasteiger partial charge in [0.25, 0.3) is 0 Å². The number of aromatic nitrogens is 2. The van der Waals surface area contributed by atoms with Crippen molar-refractivity contribution in [2.45, 2.75) is 6.42 Å². The standard InChI is InChI=1S/C22H25ClN6O2/c1-24-22(29-13-11-28(12-14-29)18-7-2-3-8-19(18)30)25-10-9-20-26-21(27-31-20)16-5-4-6-17(23)15-16/h2-8,15,30H,9-14H2,1H3,(H,24,25). The van der Waals surface area contributed by atoms with Crippen LogP contribution in [0.15, 0.2) is 58.0 Å². The van der Waals surface area contributed by atoms with Crippen LogP contribution in [-0.2, 0) is 6.42 Å². The van der Waals surface area contributed by atoms with Gasteiger partial charge < -0.3 is 24.7 Å². The Morgan fingerprint density at radius 3 is 2.71 bits per heavy atom. The van der Waals surface area contributed by atoms with Crippen molar-refractivity contribution in [1.29, 1.82) is 0 Å². The first-order valence-corrected chi connectivity index (χ1v) is 10.6. The number of hydrogen-bond acceptors (Lipinski definition) is 6. The maximum Gasteiger partial charge on any atom is 0.228 e. The largest absolute Gasteiger partial charge is 0.506 e. The Balaban J connectivity index is 1.27. The zero-order chi connectivity index (χ0) is 21.6. The molecule has 2 heterocycles. The molecule has 0 radical (unpaired) electrons. The molecule has 1 aliphatic heterocycles. The molecule has 1 aromatic heterocycles. The van der Waals surface area contributed by atoms with Crippen LogP contribution in [0.3, 0.4) is 0 Å². The van der Waals surface area contributed by atoms with Gasteiger partial charge in [-0.15, -0.1) is 0 Å². The topological polar surface area (TPSA) is 90.0 Å². The second-order valence-electron chi connectivity index (χ2n) is 7.21. The molecule has 0 spiro atoms. The van der Waals surface area contributed by atoms with Crippen LogP contribution in [0.4, 0.5) is 5.69 Å². The molecular weight excluding hydrogens is 416 g/mol. The third-order valence-electron chi connectivity index (χ3n) is 5.19. The molecule has 0 atom stereocenters. The summed E-state index contributed by atoms with van der Waals surface area (Å²) in [5.74, 6) is 2.24. The molecule has 0 amide bonds. The molecule has 2 aromatic carbocycles. The fourth-order valence-corrected chi connectivity index (χ4v) is 3.80. The van der Waals surface area contributed by atoms with Crippen LogP contribution >= 0.6 is 11.6 Å². The zero-order valence-corrected chi connectivity index (χ0v) is 18.1. The summed E-state index contributed by atoms with van der Waals surface area (Å²) in [5.41, 5.74) is 1.70. The van der Waals surface area contributed by atoms with Crippen molar-refractivity contribution in [3.05, 3.63) is 59.4 Å². The van der Waals surface area contributed by atoms with E-state index in [0.29, 0.717) is 35.5 Å². The Hall–Kier alpha value is -3.26. The van der Waals surface area contributed by atoms with Crippen molar-refractivity contribution in [1.82, 2.24) is 20.4 Å². The number of aliphatic imine (C=N–C) groups is 1. The van der Waals surface area contributed by atoms with Gasteiger partial charge in [-0.3, -0.25) is 4.99 Å². The van der Waals surface area contributed by atoms with E-state index < -0.39 is 0 Å². The Labute approximate surface area is 186 Å². The Kier molecular flexibility index (Phi) is 6.57. The molecular formula is C22H25ClN6O2. The summed E-state index contributed by atoms with van der Waals surface area (Å²) >= 11 is 6.03. The lowest BCUT2D eigenvalue weighted by Crippen LogP contribution is -2.52. The maximum absolute atomic E-state index is 10.1. The lowest BCUT2D eigenvalue weighted by Gasteiger charge is -2.37. The quantitative estimate of drug-likeness (QED) is 0.465. The number of nitrogens with zero attached hydrogens (tertiary/aromatic N) is 5. The highest BCUT2D eigenvalue weighted by molar-refractivity contribution is 6.30. The van der Waals surface area contributed by atoms with Crippen molar-refractivity contribution in [3.8, 4) is 17.1 Å². The number of para-hydroxylation sites is 2. The monoisotopic (exact) mass is 440 g/mol. The third-order valence-corrected chi connectivity index (χ3v) is 5.42. The molecule has 162 valence electrons. The SMILES string of the molecule is CN=C(NCCc1nc(-c2cccc(Cl)c2)no1)N1CCN(c2ccccc2O)CC1. The minimum atomic E-state index is 0.315. The average Bonchev–Trinajstić information content (AvgIpc) is 3.26. The van der Waals surface area contributed by atoms with Crippen LogP contribution < -0.4 is 10.2 Å². The summed E-state index contributed by atoms with van der Waals surface area (Å²) in [7, 11) is 1.78. The molecule has 9 heteroatoms. The van der Waals surface area contributed by atoms with Gasteiger partial charge in [0.15, 0.2) is 5.96 Å². The summed E-state index contributed by atoms with van der Waals surface area (Å²) in [5, 5.41) is 18.1. The second-order valence-corrected chi connectivity index (χ2v) is 7.65. The number of nitrogens with one attached hydrogen (secondary N) is 1. The van der Waals surface area contributed by atoms with Crippen molar-refractivity contribution in [3.63, 3.8) is 0 Å². The van der Waals surface area contributed by atoms with Crippen LogP contribution in [0.2, 0.25) is 5.02 Å². The number of benzene rings is 2. The number of aromatic hydroxyl groups is 1. The number of anilines is 1. The van der Waals surface area contributed by atoms with E-state index in [0.717, 1.165) is 43.4 Å². The smallest absolute Gasteiger partial charge is 0.228 e. The number of guanidine groups is 1. The minimum absolute atomic E-state index is 0.315. The van der Waals surface area contributed by atoms with Crippen molar-refractivity contribution >= 4 is 23.2 Å². The molecule has 0 unspecified atom stereocenters. The van der Waals surface area contributed by atoms with Gasteiger partial charge in [0, 0.05) is 56.8 Å². The fraction of sp³-hybridized carbons (Fsp3) is 0.318. The van der Waals surface area contributed by atoms with E-state index in [1.165, 1.54) is 0 Å². The van der Waals surface area contributed by atoms with Crippen molar-refractivity contribution in [2.75, 3.05) is 44.7 Å². The van der Waals surface area contributed by atoms with E-state index in [1.54, 1.807) is 13.1 Å². The third kappa shape index (κ3) is 5.08. The summed E-state index contributed by atoms with van der Waals surface area (Å²) in [4.78, 5) is 13.3. The minimum Gasteiger partial charge on any atom is -0.506 e. The molecule has 4 rings (SSSR count). The maximum atomic E-state index is 10.1. The molecule has 2 N–H and O–H groups in total. The van der Waals surface area contributed by atoms with Gasteiger partial charge in [-0.1, -0.05) is 41.0 Å². The van der Waals surface area contributed by atoms with E-state index in [1.807, 2.05) is 42.5 Å². The zero-order valence-electron chi connectivity index (χ0n) is 17.3. The summed E-state index contributed by atoms with van der Waals surface area (Å²) in [6.07, 6.45) is 0.588. The van der Waals surface area contributed by atoms with Crippen LogP contribution in [0, 0.1) is 0 Å². The molecule has 1 aliphatic rings. The first kappa shape index (κ1) is 21.0. The summed E-state index contributed by atoms with van der Waals surface area (Å²) < 4.78 is 5.37. The predicted molar refractivity (Wildman–Crippen MR) is 122 cm³/mol. The van der Waals surface area contributed by atoms with E-state index in [2.05, 4.69) is 30.2 Å². The van der Waals surface area contributed by atoms with E-state index in [-0.39, 0.29) is 0 Å². The lowest BCUT2D eigenvalue weighted by atomic mass is 10.2. The first-order valence-electron chi connectivity index (χ1n) is 10.2. The van der Waals surface area contributed by atoms with E-state index in [9.17, 15) is 5.11 Å². The Morgan fingerprint density at radius 2 is 1.97 bits per heavy atom. The van der Waals surface area contributed by atoms with Gasteiger partial charge in [-0.05, 0) is 24.3 Å². The number of phenolic OH excluding ortho intramolecular Hbond substituents is 1. The molecule has 0 aliphatic carbocycles. The second kappa shape index (κ2) is 9.70. The molecule has 31 heavy (non-hydrogen) atoms. The van der Waals surface area contributed by atoms with Gasteiger partial charge in [0.05, 0.1) is 5.69 Å². The lowest BCUT2D eigenvalue weighted by molar-refractivity contribution is 0.363. The number of phenols is 1. The molecule has 0 bridgehead atoms. The van der Waals surface area contributed by atoms with Crippen molar-refractivity contribution < 1.29 is 9.63 Å². The Morgan fingerprint density at radius 1 is 1.16 bits per heavy atom.